The van der Waals surface area contributed by atoms with E-state index in [1.165, 1.54) is 10.9 Å². The molecule has 1 aromatic heterocycles. The molecule has 6 nitrogen and oxygen atoms in total. The summed E-state index contributed by atoms with van der Waals surface area (Å²) in [6, 6.07) is 10.5. The van der Waals surface area contributed by atoms with Crippen molar-refractivity contribution >= 4 is 23.2 Å². The number of nitrogens with one attached hydrogen (secondary N) is 1. The van der Waals surface area contributed by atoms with Crippen molar-refractivity contribution in [3.63, 3.8) is 0 Å². The van der Waals surface area contributed by atoms with Crippen LogP contribution in [0.2, 0.25) is 5.02 Å². The van der Waals surface area contributed by atoms with Crippen LogP contribution in [0.4, 0.5) is 5.69 Å². The second-order valence-electron chi connectivity index (χ2n) is 3.82. The minimum absolute atomic E-state index is 0.00181. The highest BCUT2D eigenvalue weighted by atomic mass is 35.5. The third-order valence-electron chi connectivity index (χ3n) is 2.51. The van der Waals surface area contributed by atoms with Gasteiger partial charge in [-0.15, -0.1) is 0 Å². The van der Waals surface area contributed by atoms with E-state index in [0.29, 0.717) is 10.7 Å². The molecule has 0 spiro atoms. The topological polar surface area (TPSA) is 94.5 Å². The Labute approximate surface area is 119 Å². The summed E-state index contributed by atoms with van der Waals surface area (Å²) in [4.78, 5) is 15.6. The number of carbonyl (C=O) groups excluding carboxylic acids is 1. The quantitative estimate of drug-likeness (QED) is 0.932. The van der Waals surface area contributed by atoms with Gasteiger partial charge in [0, 0.05) is 0 Å². The van der Waals surface area contributed by atoms with Gasteiger partial charge < -0.3 is 9.88 Å². The molecule has 1 N–H and O–H groups in total. The van der Waals surface area contributed by atoms with Crippen molar-refractivity contribution in [2.75, 3.05) is 5.32 Å². The molecule has 0 aliphatic carbocycles. The number of anilines is 1. The first-order chi connectivity index (χ1) is 9.65. The Morgan fingerprint density at radius 3 is 2.75 bits per heavy atom. The van der Waals surface area contributed by atoms with Crippen molar-refractivity contribution in [2.24, 2.45) is 0 Å². The van der Waals surface area contributed by atoms with Gasteiger partial charge in [0.05, 0.1) is 17.0 Å². The van der Waals surface area contributed by atoms with Crippen molar-refractivity contribution in [1.29, 1.82) is 10.5 Å². The van der Waals surface area contributed by atoms with Gasteiger partial charge in [-0.1, -0.05) is 23.7 Å². The van der Waals surface area contributed by atoms with Gasteiger partial charge >= 0.3 is 0 Å². The highest BCUT2D eigenvalue weighted by Crippen LogP contribution is 2.20. The van der Waals surface area contributed by atoms with Crippen LogP contribution < -0.4 is 5.32 Å². The molecule has 0 radical (unpaired) electrons. The van der Waals surface area contributed by atoms with E-state index in [1.807, 2.05) is 6.07 Å². The van der Waals surface area contributed by atoms with Gasteiger partial charge in [0.15, 0.2) is 11.4 Å². The van der Waals surface area contributed by atoms with Crippen LogP contribution in [-0.2, 0) is 11.3 Å². The van der Waals surface area contributed by atoms with Crippen LogP contribution >= 0.6 is 11.6 Å². The molecule has 1 aromatic carbocycles. The number of benzene rings is 1. The lowest BCUT2D eigenvalue weighted by Gasteiger charge is -2.07. The van der Waals surface area contributed by atoms with E-state index < -0.39 is 0 Å². The van der Waals surface area contributed by atoms with Crippen molar-refractivity contribution in [1.82, 2.24) is 9.55 Å². The van der Waals surface area contributed by atoms with Crippen LogP contribution in [0.5, 0.6) is 0 Å². The zero-order chi connectivity index (χ0) is 14.5. The summed E-state index contributed by atoms with van der Waals surface area (Å²) in [5, 5.41) is 20.8. The molecule has 0 unspecified atom stereocenters. The highest BCUT2D eigenvalue weighted by Gasteiger charge is 2.13. The van der Waals surface area contributed by atoms with E-state index in [2.05, 4.69) is 10.3 Å². The maximum atomic E-state index is 11.9. The number of nitriles is 2. The van der Waals surface area contributed by atoms with E-state index in [4.69, 9.17) is 22.1 Å². The van der Waals surface area contributed by atoms with Gasteiger partial charge in [-0.25, -0.2) is 4.98 Å². The molecule has 0 aliphatic rings. The third-order valence-corrected chi connectivity index (χ3v) is 2.84. The molecule has 7 heteroatoms. The lowest BCUT2D eigenvalue weighted by molar-refractivity contribution is -0.116. The first-order valence-electron chi connectivity index (χ1n) is 5.55. The van der Waals surface area contributed by atoms with Gasteiger partial charge in [-0.05, 0) is 12.1 Å². The highest BCUT2D eigenvalue weighted by molar-refractivity contribution is 6.33. The summed E-state index contributed by atoms with van der Waals surface area (Å²) in [5.41, 5.74) is 0.540. The minimum atomic E-state index is -0.364. The van der Waals surface area contributed by atoms with Gasteiger partial charge in [-0.3, -0.25) is 4.79 Å². The largest absolute Gasteiger partial charge is 0.323 e. The summed E-state index contributed by atoms with van der Waals surface area (Å²) < 4.78 is 1.31. The molecule has 0 fully saturated rings. The average Bonchev–Trinajstić information content (AvgIpc) is 2.83. The predicted octanol–water partition coefficient (Wildman–Crippen LogP) is 1.92. The van der Waals surface area contributed by atoms with Crippen LogP contribution in [0.3, 0.4) is 0 Å². The zero-order valence-electron chi connectivity index (χ0n) is 10.2. The second kappa shape index (κ2) is 5.87. The Balaban J connectivity index is 2.14. The molecular weight excluding hydrogens is 278 g/mol. The molecule has 98 valence electrons. The average molecular weight is 286 g/mol. The number of nitrogens with zero attached hydrogens (tertiary/aromatic N) is 4. The van der Waals surface area contributed by atoms with E-state index in [9.17, 15) is 4.79 Å². The molecule has 2 rings (SSSR count). The standard InChI is InChI=1S/C13H8ClN5O/c14-9-3-1-2-4-10(9)18-13(20)7-19-8-17-11(5-15)12(19)6-16/h1-4,8H,7H2,(H,18,20). The molecule has 1 amide bonds. The van der Waals surface area contributed by atoms with Gasteiger partial charge in [0.25, 0.3) is 0 Å². The fraction of sp³-hybridized carbons (Fsp3) is 0.0769. The molecule has 0 aliphatic heterocycles. The summed E-state index contributed by atoms with van der Waals surface area (Å²) in [6.07, 6.45) is 1.28. The van der Waals surface area contributed by atoms with Crippen LogP contribution in [0.1, 0.15) is 11.4 Å². The summed E-state index contributed by atoms with van der Waals surface area (Å²) >= 11 is 5.93. The number of halogens is 1. The Hall–Kier alpha value is -2.83. The molecular formula is C13H8ClN5O. The molecule has 0 saturated carbocycles. The summed E-state index contributed by atoms with van der Waals surface area (Å²) in [5.74, 6) is -0.364. The summed E-state index contributed by atoms with van der Waals surface area (Å²) in [7, 11) is 0. The monoisotopic (exact) mass is 285 g/mol. The number of amides is 1. The van der Waals surface area contributed by atoms with Gasteiger partial charge in [-0.2, -0.15) is 10.5 Å². The maximum Gasteiger partial charge on any atom is 0.244 e. The number of carbonyl (C=O) groups is 1. The number of para-hydroxylation sites is 1. The molecule has 0 atom stereocenters. The van der Waals surface area contributed by atoms with Crippen molar-refractivity contribution in [3.8, 4) is 12.1 Å². The third kappa shape index (κ3) is 2.77. The normalized spacial score (nSPS) is 9.55. The van der Waals surface area contributed by atoms with E-state index in [1.54, 1.807) is 30.3 Å². The number of hydrogen-bond acceptors (Lipinski definition) is 4. The van der Waals surface area contributed by atoms with Crippen molar-refractivity contribution in [3.05, 3.63) is 47.0 Å². The Morgan fingerprint density at radius 1 is 1.35 bits per heavy atom. The van der Waals surface area contributed by atoms with E-state index in [-0.39, 0.29) is 23.8 Å². The first-order valence-corrected chi connectivity index (χ1v) is 5.93. The van der Waals surface area contributed by atoms with Crippen LogP contribution in [0.15, 0.2) is 30.6 Å². The number of hydrogen-bond donors (Lipinski definition) is 1. The van der Waals surface area contributed by atoms with Crippen molar-refractivity contribution < 1.29 is 4.79 Å². The zero-order valence-corrected chi connectivity index (χ0v) is 10.9. The summed E-state index contributed by atoms with van der Waals surface area (Å²) in [6.45, 7) is -0.122. The SMILES string of the molecule is N#Cc1ncn(CC(=O)Nc2ccccc2Cl)c1C#N. The fourth-order valence-electron chi connectivity index (χ4n) is 1.61. The minimum Gasteiger partial charge on any atom is -0.323 e. The molecule has 20 heavy (non-hydrogen) atoms. The van der Waals surface area contributed by atoms with Crippen molar-refractivity contribution in [2.45, 2.75) is 6.54 Å². The molecule has 1 heterocycles. The van der Waals surface area contributed by atoms with Crippen LogP contribution in [0.25, 0.3) is 0 Å². The molecule has 2 aromatic rings. The number of imidazole rings is 1. The Kier molecular flexibility index (Phi) is 3.99. The lowest BCUT2D eigenvalue weighted by Crippen LogP contribution is -2.19. The molecule has 0 saturated heterocycles. The smallest absolute Gasteiger partial charge is 0.244 e. The van der Waals surface area contributed by atoms with Crippen LogP contribution in [-0.4, -0.2) is 15.5 Å². The Morgan fingerprint density at radius 2 is 2.10 bits per heavy atom. The molecule has 0 bridgehead atoms. The number of rotatable bonds is 3. The van der Waals surface area contributed by atoms with Crippen LogP contribution in [0, 0.1) is 22.7 Å². The van der Waals surface area contributed by atoms with Gasteiger partial charge in [0.1, 0.15) is 18.7 Å². The van der Waals surface area contributed by atoms with E-state index >= 15 is 0 Å². The second-order valence-corrected chi connectivity index (χ2v) is 4.23. The van der Waals surface area contributed by atoms with E-state index in [0.717, 1.165) is 0 Å². The van der Waals surface area contributed by atoms with Gasteiger partial charge in [0.2, 0.25) is 5.91 Å². The lowest BCUT2D eigenvalue weighted by atomic mass is 10.3. The fourth-order valence-corrected chi connectivity index (χ4v) is 1.79. The number of aromatic nitrogens is 2. The maximum absolute atomic E-state index is 11.9. The Bertz CT molecular complexity index is 738. The predicted molar refractivity (Wildman–Crippen MR) is 71.7 cm³/mol. The first kappa shape index (κ1) is 13.6.